The van der Waals surface area contributed by atoms with Crippen LogP contribution in [-0.2, 0) is 0 Å². The van der Waals surface area contributed by atoms with Crippen LogP contribution in [0.15, 0.2) is 12.1 Å². The molecule has 1 rings (SSSR count). The fourth-order valence-corrected chi connectivity index (χ4v) is 1.42. The fourth-order valence-electron chi connectivity index (χ4n) is 1.42. The van der Waals surface area contributed by atoms with Crippen LogP contribution in [0.2, 0.25) is 0 Å². The first-order valence-corrected chi connectivity index (χ1v) is 5.63. The Morgan fingerprint density at radius 3 is 2.58 bits per heavy atom. The molecule has 1 unspecified atom stereocenters. The molecule has 0 aliphatic carbocycles. The summed E-state index contributed by atoms with van der Waals surface area (Å²) in [4.78, 5) is 24.7. The van der Waals surface area contributed by atoms with Gasteiger partial charge in [0.2, 0.25) is 5.82 Å². The van der Waals surface area contributed by atoms with Gasteiger partial charge < -0.3 is 15.5 Å². The monoisotopic (exact) mass is 269 g/mol. The van der Waals surface area contributed by atoms with E-state index in [0.29, 0.717) is 0 Å². The normalized spacial score (nSPS) is 12.2. The van der Waals surface area contributed by atoms with Crippen LogP contribution in [0.5, 0.6) is 0 Å². The number of carboxylic acids is 1. The maximum absolute atomic E-state index is 10.9. The number of carbonyl (C=O) groups is 1. The molecule has 104 valence electrons. The first-order valence-electron chi connectivity index (χ1n) is 5.63. The first kappa shape index (κ1) is 14.8. The maximum atomic E-state index is 10.9. The average Bonchev–Trinajstić information content (AvgIpc) is 2.34. The van der Waals surface area contributed by atoms with E-state index < -0.39 is 16.9 Å². The lowest BCUT2D eigenvalue weighted by Gasteiger charge is -2.20. The van der Waals surface area contributed by atoms with Gasteiger partial charge in [-0.2, -0.15) is 0 Å². The van der Waals surface area contributed by atoms with E-state index in [4.69, 9.17) is 5.11 Å². The molecule has 0 saturated heterocycles. The van der Waals surface area contributed by atoms with Crippen molar-refractivity contribution in [1.82, 2.24) is 4.98 Å². The summed E-state index contributed by atoms with van der Waals surface area (Å²) in [6.07, 6.45) is 0. The van der Waals surface area contributed by atoms with E-state index in [1.54, 1.807) is 0 Å². The number of nitrogens with one attached hydrogen (secondary N) is 1. The van der Waals surface area contributed by atoms with Crippen LogP contribution in [0.25, 0.3) is 0 Å². The number of aromatic nitrogens is 1. The molecule has 19 heavy (non-hydrogen) atoms. The first-order chi connectivity index (χ1) is 8.86. The van der Waals surface area contributed by atoms with Gasteiger partial charge in [-0.15, -0.1) is 0 Å². The van der Waals surface area contributed by atoms with E-state index in [0.717, 1.165) is 12.1 Å². The Labute approximate surface area is 109 Å². The number of aliphatic hydroxyl groups is 1. The van der Waals surface area contributed by atoms with Gasteiger partial charge in [-0.1, -0.05) is 13.8 Å². The van der Waals surface area contributed by atoms with Gasteiger partial charge in [0.25, 0.3) is 0 Å². The zero-order valence-corrected chi connectivity index (χ0v) is 10.5. The number of pyridine rings is 1. The quantitative estimate of drug-likeness (QED) is 0.521. The SMILES string of the molecule is CC(C)C(CO)Nc1nc(C(=O)O)ccc1[N+](=O)[O-]. The molecule has 0 aromatic carbocycles. The minimum Gasteiger partial charge on any atom is -0.477 e. The van der Waals surface area contributed by atoms with E-state index in [1.807, 2.05) is 13.8 Å². The van der Waals surface area contributed by atoms with Crippen molar-refractivity contribution in [3.8, 4) is 0 Å². The molecule has 0 radical (unpaired) electrons. The van der Waals surface area contributed by atoms with Crippen molar-refractivity contribution in [3.63, 3.8) is 0 Å². The summed E-state index contributed by atoms with van der Waals surface area (Å²) in [6, 6.07) is 1.69. The number of carboxylic acid groups (broad SMARTS) is 1. The van der Waals surface area contributed by atoms with Crippen LogP contribution >= 0.6 is 0 Å². The van der Waals surface area contributed by atoms with Gasteiger partial charge in [0, 0.05) is 6.07 Å². The summed E-state index contributed by atoms with van der Waals surface area (Å²) < 4.78 is 0. The van der Waals surface area contributed by atoms with Gasteiger partial charge in [-0.05, 0) is 12.0 Å². The number of nitro groups is 1. The molecule has 8 nitrogen and oxygen atoms in total. The standard InChI is InChI=1S/C11H15N3O5/c1-6(2)8(5-15)13-10-9(14(18)19)4-3-7(12-10)11(16)17/h3-4,6,8,15H,5H2,1-2H3,(H,12,13)(H,16,17). The number of aliphatic hydroxyl groups excluding tert-OH is 1. The molecule has 1 heterocycles. The Kier molecular flexibility index (Phi) is 4.76. The third-order valence-corrected chi connectivity index (χ3v) is 2.61. The van der Waals surface area contributed by atoms with Gasteiger partial charge in [0.15, 0.2) is 5.69 Å². The zero-order chi connectivity index (χ0) is 14.6. The van der Waals surface area contributed by atoms with Gasteiger partial charge in [0.1, 0.15) is 0 Å². The predicted molar refractivity (Wildman–Crippen MR) is 67.2 cm³/mol. The second-order valence-electron chi connectivity index (χ2n) is 4.30. The van der Waals surface area contributed by atoms with Gasteiger partial charge >= 0.3 is 11.7 Å². The number of aromatic carboxylic acids is 1. The number of rotatable bonds is 6. The fraction of sp³-hybridized carbons (Fsp3) is 0.455. The smallest absolute Gasteiger partial charge is 0.354 e. The highest BCUT2D eigenvalue weighted by molar-refractivity contribution is 5.86. The Balaban J connectivity index is 3.17. The van der Waals surface area contributed by atoms with Crippen LogP contribution in [-0.4, -0.2) is 38.7 Å². The van der Waals surface area contributed by atoms with Crippen LogP contribution < -0.4 is 5.32 Å². The summed E-state index contributed by atoms with van der Waals surface area (Å²) in [7, 11) is 0. The zero-order valence-electron chi connectivity index (χ0n) is 10.5. The van der Waals surface area contributed by atoms with Crippen LogP contribution in [0.1, 0.15) is 24.3 Å². The molecule has 0 spiro atoms. The number of nitrogens with zero attached hydrogens (tertiary/aromatic N) is 2. The summed E-state index contributed by atoms with van der Waals surface area (Å²) in [6.45, 7) is 3.40. The van der Waals surface area contributed by atoms with Crippen LogP contribution in [0.4, 0.5) is 11.5 Å². The predicted octanol–water partition coefficient (Wildman–Crippen LogP) is 1.12. The second kappa shape index (κ2) is 6.10. The van der Waals surface area contributed by atoms with Crippen LogP contribution in [0, 0.1) is 16.0 Å². The summed E-state index contributed by atoms with van der Waals surface area (Å²) in [5, 5.41) is 31.6. The largest absolute Gasteiger partial charge is 0.477 e. The Bertz CT molecular complexity index is 489. The van der Waals surface area contributed by atoms with Gasteiger partial charge in [0.05, 0.1) is 17.6 Å². The van der Waals surface area contributed by atoms with Crippen molar-refractivity contribution in [1.29, 1.82) is 0 Å². The molecule has 0 amide bonds. The Morgan fingerprint density at radius 1 is 1.53 bits per heavy atom. The lowest BCUT2D eigenvalue weighted by molar-refractivity contribution is -0.384. The van der Waals surface area contributed by atoms with Crippen molar-refractivity contribution >= 4 is 17.5 Å². The lowest BCUT2D eigenvalue weighted by atomic mass is 10.1. The van der Waals surface area contributed by atoms with Crippen molar-refractivity contribution in [2.75, 3.05) is 11.9 Å². The molecule has 3 N–H and O–H groups in total. The minimum absolute atomic E-state index is 0.000103. The molecule has 0 saturated carbocycles. The molecule has 8 heteroatoms. The van der Waals surface area contributed by atoms with Crippen molar-refractivity contribution in [2.24, 2.45) is 5.92 Å². The summed E-state index contributed by atoms with van der Waals surface area (Å²) in [5.41, 5.74) is -0.627. The molecular formula is C11H15N3O5. The number of anilines is 1. The molecule has 0 bridgehead atoms. The number of hydrogen-bond donors (Lipinski definition) is 3. The Hall–Kier alpha value is -2.22. The van der Waals surface area contributed by atoms with Crippen molar-refractivity contribution in [2.45, 2.75) is 19.9 Å². The number of hydrogen-bond acceptors (Lipinski definition) is 6. The average molecular weight is 269 g/mol. The molecular weight excluding hydrogens is 254 g/mol. The highest BCUT2D eigenvalue weighted by atomic mass is 16.6. The van der Waals surface area contributed by atoms with E-state index in [-0.39, 0.29) is 29.7 Å². The Morgan fingerprint density at radius 2 is 2.16 bits per heavy atom. The highest BCUT2D eigenvalue weighted by Crippen LogP contribution is 2.24. The molecule has 0 aliphatic heterocycles. The van der Waals surface area contributed by atoms with Gasteiger partial charge in [-0.3, -0.25) is 10.1 Å². The topological polar surface area (TPSA) is 126 Å². The minimum atomic E-state index is -1.27. The van der Waals surface area contributed by atoms with Crippen molar-refractivity contribution < 1.29 is 19.9 Å². The maximum Gasteiger partial charge on any atom is 0.354 e. The molecule has 0 fully saturated rings. The highest BCUT2D eigenvalue weighted by Gasteiger charge is 2.22. The summed E-state index contributed by atoms with van der Waals surface area (Å²) in [5.74, 6) is -1.43. The van der Waals surface area contributed by atoms with Crippen LogP contribution in [0.3, 0.4) is 0 Å². The second-order valence-corrected chi connectivity index (χ2v) is 4.30. The third kappa shape index (κ3) is 3.62. The van der Waals surface area contributed by atoms with Gasteiger partial charge in [-0.25, -0.2) is 9.78 Å². The summed E-state index contributed by atoms with van der Waals surface area (Å²) >= 11 is 0. The van der Waals surface area contributed by atoms with E-state index in [2.05, 4.69) is 10.3 Å². The molecule has 1 aromatic rings. The van der Waals surface area contributed by atoms with E-state index in [9.17, 15) is 20.0 Å². The molecule has 1 aromatic heterocycles. The molecule has 0 aliphatic rings. The molecule has 1 atom stereocenters. The van der Waals surface area contributed by atoms with E-state index in [1.165, 1.54) is 0 Å². The van der Waals surface area contributed by atoms with E-state index >= 15 is 0 Å². The van der Waals surface area contributed by atoms with Crippen molar-refractivity contribution in [3.05, 3.63) is 27.9 Å². The third-order valence-electron chi connectivity index (χ3n) is 2.61. The lowest BCUT2D eigenvalue weighted by Crippen LogP contribution is -2.30.